The minimum absolute atomic E-state index is 1.13. The lowest BCUT2D eigenvalue weighted by molar-refractivity contribution is 1.85. The standard InChI is InChI=1S/C10H7S2/c1-2-8-5-7-12-10(8)9-4-3-6-11-9/h1-7H. The van der Waals surface area contributed by atoms with Gasteiger partial charge in [-0.05, 0) is 28.5 Å². The molecular formula is C10H7S2. The van der Waals surface area contributed by atoms with Gasteiger partial charge in [0.1, 0.15) is 0 Å². The smallest absolute Gasteiger partial charge is 0.0514 e. The van der Waals surface area contributed by atoms with Crippen LogP contribution in [0.2, 0.25) is 0 Å². The van der Waals surface area contributed by atoms with E-state index in [4.69, 9.17) is 6.58 Å². The molecule has 2 heterocycles. The second-order valence-corrected chi connectivity index (χ2v) is 4.21. The Morgan fingerprint density at radius 3 is 2.75 bits per heavy atom. The molecule has 2 heteroatoms. The summed E-state index contributed by atoms with van der Waals surface area (Å²) in [5.74, 6) is 0. The highest BCUT2D eigenvalue weighted by Crippen LogP contribution is 2.33. The summed E-state index contributed by atoms with van der Waals surface area (Å²) < 4.78 is 0. The lowest BCUT2D eigenvalue weighted by Gasteiger charge is -1.92. The number of rotatable bonds is 2. The Bertz CT molecular complexity index is 368. The van der Waals surface area contributed by atoms with Crippen molar-refractivity contribution in [2.24, 2.45) is 0 Å². The Morgan fingerprint density at radius 2 is 2.08 bits per heavy atom. The van der Waals surface area contributed by atoms with Gasteiger partial charge >= 0.3 is 0 Å². The highest BCUT2D eigenvalue weighted by Gasteiger charge is 2.03. The average molecular weight is 191 g/mol. The number of hydrogen-bond donors (Lipinski definition) is 0. The third-order valence-electron chi connectivity index (χ3n) is 1.62. The highest BCUT2D eigenvalue weighted by atomic mass is 32.1. The van der Waals surface area contributed by atoms with Crippen molar-refractivity contribution in [3.8, 4) is 9.75 Å². The van der Waals surface area contributed by atoms with Crippen molar-refractivity contribution in [1.29, 1.82) is 0 Å². The first-order valence-corrected chi connectivity index (χ1v) is 5.34. The van der Waals surface area contributed by atoms with Crippen LogP contribution in [0.25, 0.3) is 15.8 Å². The molecule has 0 saturated heterocycles. The molecule has 0 fully saturated rings. The first kappa shape index (κ1) is 7.77. The predicted molar refractivity (Wildman–Crippen MR) is 56.4 cm³/mol. The Morgan fingerprint density at radius 1 is 1.17 bits per heavy atom. The molecule has 0 aliphatic rings. The minimum Gasteiger partial charge on any atom is -0.143 e. The topological polar surface area (TPSA) is 0 Å². The zero-order valence-electron chi connectivity index (χ0n) is 6.36. The zero-order valence-corrected chi connectivity index (χ0v) is 7.99. The van der Waals surface area contributed by atoms with Gasteiger partial charge < -0.3 is 0 Å². The third-order valence-corrected chi connectivity index (χ3v) is 3.60. The fourth-order valence-corrected chi connectivity index (χ4v) is 2.84. The van der Waals surface area contributed by atoms with Crippen molar-refractivity contribution in [2.75, 3.05) is 0 Å². The van der Waals surface area contributed by atoms with Gasteiger partial charge in [0.2, 0.25) is 0 Å². The van der Waals surface area contributed by atoms with E-state index in [9.17, 15) is 0 Å². The van der Waals surface area contributed by atoms with Crippen molar-refractivity contribution in [1.82, 2.24) is 0 Å². The molecule has 0 unspecified atom stereocenters. The SMILES string of the molecule is [CH]=Cc1ccsc1-c1cccs1. The fourth-order valence-electron chi connectivity index (χ4n) is 1.06. The summed E-state index contributed by atoms with van der Waals surface area (Å²) in [5, 5.41) is 4.14. The fraction of sp³-hybridized carbons (Fsp3) is 0. The van der Waals surface area contributed by atoms with Crippen LogP contribution in [0, 0.1) is 6.58 Å². The van der Waals surface area contributed by atoms with E-state index in [0.29, 0.717) is 0 Å². The van der Waals surface area contributed by atoms with Gasteiger partial charge in [0.05, 0.1) is 4.88 Å². The molecule has 0 amide bonds. The second-order valence-electron chi connectivity index (χ2n) is 2.35. The van der Waals surface area contributed by atoms with Crippen LogP contribution in [0.3, 0.4) is 0 Å². The van der Waals surface area contributed by atoms with E-state index < -0.39 is 0 Å². The van der Waals surface area contributed by atoms with Crippen molar-refractivity contribution < 1.29 is 0 Å². The van der Waals surface area contributed by atoms with Crippen LogP contribution >= 0.6 is 22.7 Å². The Labute approximate surface area is 79.8 Å². The molecule has 0 aliphatic heterocycles. The van der Waals surface area contributed by atoms with Crippen LogP contribution in [-0.2, 0) is 0 Å². The quantitative estimate of drug-likeness (QED) is 0.675. The average Bonchev–Trinajstić information content (AvgIpc) is 2.74. The van der Waals surface area contributed by atoms with Crippen LogP contribution in [0.1, 0.15) is 5.56 Å². The molecule has 1 radical (unpaired) electrons. The third kappa shape index (κ3) is 1.24. The van der Waals surface area contributed by atoms with Gasteiger partial charge in [-0.3, -0.25) is 0 Å². The summed E-state index contributed by atoms with van der Waals surface area (Å²) in [5.41, 5.74) is 1.13. The number of thiophene rings is 2. The van der Waals surface area contributed by atoms with Crippen LogP contribution < -0.4 is 0 Å². The lowest BCUT2D eigenvalue weighted by atomic mass is 10.2. The molecule has 0 aliphatic carbocycles. The van der Waals surface area contributed by atoms with Gasteiger partial charge in [0.25, 0.3) is 0 Å². The molecule has 2 rings (SSSR count). The molecule has 0 saturated carbocycles. The normalized spacial score (nSPS) is 10.0. The van der Waals surface area contributed by atoms with Crippen LogP contribution in [0.15, 0.2) is 29.0 Å². The molecule has 2 aromatic heterocycles. The zero-order chi connectivity index (χ0) is 8.39. The molecule has 0 nitrogen and oxygen atoms in total. The summed E-state index contributed by atoms with van der Waals surface area (Å²) in [4.78, 5) is 2.56. The summed E-state index contributed by atoms with van der Waals surface area (Å²) in [6.45, 7) is 5.49. The lowest BCUT2D eigenvalue weighted by Crippen LogP contribution is -1.67. The van der Waals surface area contributed by atoms with E-state index >= 15 is 0 Å². The Hall–Kier alpha value is -0.860. The van der Waals surface area contributed by atoms with Gasteiger partial charge in [0, 0.05) is 4.88 Å². The first-order chi connectivity index (χ1) is 5.92. The van der Waals surface area contributed by atoms with E-state index in [-0.39, 0.29) is 0 Å². The van der Waals surface area contributed by atoms with Crippen LogP contribution in [-0.4, -0.2) is 0 Å². The molecule has 59 valence electrons. The van der Waals surface area contributed by atoms with Crippen molar-refractivity contribution in [3.63, 3.8) is 0 Å². The maximum atomic E-state index is 5.49. The molecular weight excluding hydrogens is 184 g/mol. The molecule has 0 spiro atoms. The van der Waals surface area contributed by atoms with Crippen LogP contribution in [0.5, 0.6) is 0 Å². The van der Waals surface area contributed by atoms with Gasteiger partial charge in [-0.15, -0.1) is 22.7 Å². The Balaban J connectivity index is 2.53. The Kier molecular flexibility index (Phi) is 2.11. The van der Waals surface area contributed by atoms with Gasteiger partial charge in [-0.1, -0.05) is 18.7 Å². The van der Waals surface area contributed by atoms with Crippen molar-refractivity contribution >= 4 is 28.7 Å². The summed E-state index contributed by atoms with van der Waals surface area (Å²) in [7, 11) is 0. The van der Waals surface area contributed by atoms with Crippen molar-refractivity contribution in [3.05, 3.63) is 41.1 Å². The largest absolute Gasteiger partial charge is 0.143 e. The van der Waals surface area contributed by atoms with Gasteiger partial charge in [0.15, 0.2) is 0 Å². The minimum atomic E-state index is 1.13. The van der Waals surface area contributed by atoms with Crippen molar-refractivity contribution in [2.45, 2.75) is 0 Å². The first-order valence-electron chi connectivity index (χ1n) is 3.58. The molecule has 0 aromatic carbocycles. The van der Waals surface area contributed by atoms with E-state index in [1.807, 2.05) is 6.07 Å². The highest BCUT2D eigenvalue weighted by molar-refractivity contribution is 7.20. The van der Waals surface area contributed by atoms with E-state index in [0.717, 1.165) is 5.56 Å². The van der Waals surface area contributed by atoms with Crippen LogP contribution in [0.4, 0.5) is 0 Å². The maximum Gasteiger partial charge on any atom is 0.0514 e. The molecule has 0 atom stereocenters. The molecule has 2 aromatic rings. The van der Waals surface area contributed by atoms with E-state index in [1.54, 1.807) is 28.7 Å². The van der Waals surface area contributed by atoms with E-state index in [1.165, 1.54) is 9.75 Å². The maximum absolute atomic E-state index is 5.49. The number of hydrogen-bond acceptors (Lipinski definition) is 2. The van der Waals surface area contributed by atoms with E-state index in [2.05, 4.69) is 22.9 Å². The molecule has 0 bridgehead atoms. The monoisotopic (exact) mass is 191 g/mol. The van der Waals surface area contributed by atoms with Gasteiger partial charge in [-0.25, -0.2) is 0 Å². The second kappa shape index (κ2) is 3.25. The predicted octanol–water partition coefficient (Wildman–Crippen LogP) is 3.92. The van der Waals surface area contributed by atoms with Gasteiger partial charge in [-0.2, -0.15) is 0 Å². The summed E-state index contributed by atoms with van der Waals surface area (Å²) >= 11 is 3.48. The summed E-state index contributed by atoms with van der Waals surface area (Å²) in [6.07, 6.45) is 1.66. The molecule has 0 N–H and O–H groups in total. The summed E-state index contributed by atoms with van der Waals surface area (Å²) in [6, 6.07) is 6.21. The molecule has 12 heavy (non-hydrogen) atoms.